The van der Waals surface area contributed by atoms with Crippen molar-refractivity contribution in [1.82, 2.24) is 10.0 Å². The summed E-state index contributed by atoms with van der Waals surface area (Å²) in [5, 5.41) is 12.0. The normalized spacial score (nSPS) is 22.2. The van der Waals surface area contributed by atoms with E-state index in [9.17, 15) is 18.0 Å². The van der Waals surface area contributed by atoms with Gasteiger partial charge in [-0.3, -0.25) is 9.59 Å². The first-order valence-electron chi connectivity index (χ1n) is 8.31. The van der Waals surface area contributed by atoms with E-state index in [4.69, 9.17) is 5.11 Å². The maximum absolute atomic E-state index is 12.4. The molecule has 3 atom stereocenters. The van der Waals surface area contributed by atoms with Gasteiger partial charge in [-0.15, -0.1) is 0 Å². The van der Waals surface area contributed by atoms with E-state index >= 15 is 0 Å². The molecule has 0 aromatic heterocycles. The van der Waals surface area contributed by atoms with Gasteiger partial charge in [-0.05, 0) is 50.9 Å². The highest BCUT2D eigenvalue weighted by Gasteiger charge is 2.31. The molecule has 138 valence electrons. The molecule has 3 unspecified atom stereocenters. The summed E-state index contributed by atoms with van der Waals surface area (Å²) in [6.07, 6.45) is 2.42. The molecule has 7 nitrogen and oxygen atoms in total. The molecule has 3 N–H and O–H groups in total. The van der Waals surface area contributed by atoms with Crippen molar-refractivity contribution < 1.29 is 23.1 Å². The Bertz CT molecular complexity index is 730. The van der Waals surface area contributed by atoms with Gasteiger partial charge in [-0.1, -0.05) is 18.6 Å². The summed E-state index contributed by atoms with van der Waals surface area (Å²) < 4.78 is 25.7. The molecule has 1 aliphatic rings. The van der Waals surface area contributed by atoms with Crippen LogP contribution in [0.25, 0.3) is 0 Å². The number of aliphatic carboxylic acids is 1. The minimum absolute atomic E-state index is 0.148. The van der Waals surface area contributed by atoms with E-state index in [1.807, 2.05) is 6.92 Å². The smallest absolute Gasteiger partial charge is 0.306 e. The summed E-state index contributed by atoms with van der Waals surface area (Å²) in [4.78, 5) is 23.7. The van der Waals surface area contributed by atoms with E-state index in [-0.39, 0.29) is 22.8 Å². The highest BCUT2D eigenvalue weighted by molar-refractivity contribution is 7.89. The summed E-state index contributed by atoms with van der Waals surface area (Å²) in [5.74, 6) is -1.73. The van der Waals surface area contributed by atoms with E-state index < -0.39 is 21.9 Å². The molecule has 1 aliphatic carbocycles. The third-order valence-electron chi connectivity index (χ3n) is 4.71. The maximum atomic E-state index is 12.4. The van der Waals surface area contributed by atoms with Crippen molar-refractivity contribution in [3.05, 3.63) is 29.8 Å². The number of amides is 1. The molecule has 1 amide bonds. The van der Waals surface area contributed by atoms with Crippen LogP contribution in [0.4, 0.5) is 0 Å². The van der Waals surface area contributed by atoms with Gasteiger partial charge in [0.05, 0.1) is 16.9 Å². The number of carboxylic acid groups (broad SMARTS) is 1. The van der Waals surface area contributed by atoms with Crippen molar-refractivity contribution in [3.63, 3.8) is 0 Å². The third kappa shape index (κ3) is 4.79. The topological polar surface area (TPSA) is 113 Å². The Morgan fingerprint density at radius 3 is 2.32 bits per heavy atom. The van der Waals surface area contributed by atoms with Gasteiger partial charge in [0.1, 0.15) is 0 Å². The minimum atomic E-state index is -3.49. The predicted octanol–water partition coefficient (Wildman–Crippen LogP) is 1.66. The number of rotatable bonds is 6. The van der Waals surface area contributed by atoms with Crippen LogP contribution >= 0.6 is 0 Å². The lowest BCUT2D eigenvalue weighted by Gasteiger charge is -2.27. The monoisotopic (exact) mass is 368 g/mol. The Kier molecular flexibility index (Phi) is 6.18. The molecule has 1 saturated carbocycles. The molecule has 1 aromatic carbocycles. The van der Waals surface area contributed by atoms with Crippen LogP contribution in [0.5, 0.6) is 0 Å². The first kappa shape index (κ1) is 19.4. The first-order valence-corrected chi connectivity index (χ1v) is 9.79. The van der Waals surface area contributed by atoms with Crippen LogP contribution in [0.3, 0.4) is 0 Å². The second-order valence-electron chi connectivity index (χ2n) is 6.41. The number of carbonyl (C=O) groups excluding carboxylic acids is 1. The van der Waals surface area contributed by atoms with Crippen LogP contribution in [0.2, 0.25) is 0 Å². The van der Waals surface area contributed by atoms with Gasteiger partial charge in [0.25, 0.3) is 0 Å². The van der Waals surface area contributed by atoms with Crippen LogP contribution < -0.4 is 10.0 Å². The molecule has 0 bridgehead atoms. The summed E-state index contributed by atoms with van der Waals surface area (Å²) in [7, 11) is -2.14. The minimum Gasteiger partial charge on any atom is -0.481 e. The number of carboxylic acids is 1. The zero-order valence-electron chi connectivity index (χ0n) is 14.4. The number of sulfonamides is 1. The van der Waals surface area contributed by atoms with Gasteiger partial charge in [0.15, 0.2) is 0 Å². The first-order chi connectivity index (χ1) is 11.7. The molecule has 0 saturated heterocycles. The molecule has 8 heteroatoms. The van der Waals surface area contributed by atoms with Gasteiger partial charge < -0.3 is 10.4 Å². The van der Waals surface area contributed by atoms with Gasteiger partial charge >= 0.3 is 5.97 Å². The highest BCUT2D eigenvalue weighted by Crippen LogP contribution is 2.30. The molecular formula is C17H24N2O5S. The van der Waals surface area contributed by atoms with E-state index in [0.717, 1.165) is 12.0 Å². The van der Waals surface area contributed by atoms with Gasteiger partial charge in [-0.25, -0.2) is 13.1 Å². The number of hydrogen-bond donors (Lipinski definition) is 3. The molecule has 0 radical (unpaired) electrons. The molecule has 25 heavy (non-hydrogen) atoms. The Morgan fingerprint density at radius 2 is 1.76 bits per heavy atom. The van der Waals surface area contributed by atoms with Crippen LogP contribution in [0, 0.1) is 11.8 Å². The Morgan fingerprint density at radius 1 is 1.16 bits per heavy atom. The fourth-order valence-electron chi connectivity index (χ4n) is 3.12. The average molecular weight is 368 g/mol. The van der Waals surface area contributed by atoms with Gasteiger partial charge in [0.2, 0.25) is 15.9 Å². The van der Waals surface area contributed by atoms with Crippen LogP contribution in [0.15, 0.2) is 29.2 Å². The fraction of sp³-hybridized carbons (Fsp3) is 0.529. The summed E-state index contributed by atoms with van der Waals surface area (Å²) >= 11 is 0. The van der Waals surface area contributed by atoms with Gasteiger partial charge in [0, 0.05) is 5.92 Å². The zero-order valence-corrected chi connectivity index (χ0v) is 15.2. The van der Waals surface area contributed by atoms with Crippen LogP contribution in [-0.2, 0) is 19.6 Å². The summed E-state index contributed by atoms with van der Waals surface area (Å²) in [6, 6.07) is 6.02. The van der Waals surface area contributed by atoms with Crippen LogP contribution in [0.1, 0.15) is 44.2 Å². The lowest BCUT2D eigenvalue weighted by atomic mass is 9.81. The summed E-state index contributed by atoms with van der Waals surface area (Å²) in [5.41, 5.74) is 0.786. The highest BCUT2D eigenvalue weighted by atomic mass is 32.2. The number of hydrogen-bond acceptors (Lipinski definition) is 4. The van der Waals surface area contributed by atoms with Crippen LogP contribution in [-0.4, -0.2) is 32.4 Å². The van der Waals surface area contributed by atoms with Crippen molar-refractivity contribution in [2.45, 2.75) is 43.5 Å². The quantitative estimate of drug-likeness (QED) is 0.707. The molecular weight excluding hydrogens is 344 g/mol. The van der Waals surface area contributed by atoms with Gasteiger partial charge in [-0.2, -0.15) is 0 Å². The van der Waals surface area contributed by atoms with Crippen molar-refractivity contribution >= 4 is 21.9 Å². The maximum Gasteiger partial charge on any atom is 0.306 e. The fourth-order valence-corrected chi connectivity index (χ4v) is 3.85. The number of benzene rings is 1. The third-order valence-corrected chi connectivity index (χ3v) is 6.14. The largest absolute Gasteiger partial charge is 0.481 e. The second kappa shape index (κ2) is 7.97. The standard InChI is InChI=1S/C17H24N2O5S/c1-11(12-6-8-15(9-7-12)25(23,24)18-2)19-16(20)13-4-3-5-14(10-13)17(21)22/h6-9,11,13-14,18H,3-5,10H2,1-2H3,(H,19,20)(H,21,22). The van der Waals surface area contributed by atoms with Crippen molar-refractivity contribution in [3.8, 4) is 0 Å². The van der Waals surface area contributed by atoms with E-state index in [2.05, 4.69) is 10.0 Å². The SMILES string of the molecule is CNS(=O)(=O)c1ccc(C(C)NC(=O)C2CCCC(C(=O)O)C2)cc1. The molecule has 1 fully saturated rings. The van der Waals surface area contributed by atoms with E-state index in [0.29, 0.717) is 19.3 Å². The predicted molar refractivity (Wildman–Crippen MR) is 92.3 cm³/mol. The molecule has 0 spiro atoms. The Balaban J connectivity index is 2.00. The second-order valence-corrected chi connectivity index (χ2v) is 8.29. The Labute approximate surface area is 147 Å². The molecule has 0 heterocycles. The zero-order chi connectivity index (χ0) is 18.6. The lowest BCUT2D eigenvalue weighted by molar-refractivity contribution is -0.144. The Hall–Kier alpha value is -1.93. The van der Waals surface area contributed by atoms with E-state index in [1.165, 1.54) is 19.2 Å². The molecule has 1 aromatic rings. The van der Waals surface area contributed by atoms with Crippen molar-refractivity contribution in [2.75, 3.05) is 7.05 Å². The van der Waals surface area contributed by atoms with Crippen molar-refractivity contribution in [1.29, 1.82) is 0 Å². The lowest BCUT2D eigenvalue weighted by Crippen LogP contribution is -2.36. The van der Waals surface area contributed by atoms with E-state index in [1.54, 1.807) is 12.1 Å². The average Bonchev–Trinajstić information content (AvgIpc) is 2.61. The van der Waals surface area contributed by atoms with Crippen molar-refractivity contribution in [2.24, 2.45) is 11.8 Å². The molecule has 2 rings (SSSR count). The summed E-state index contributed by atoms with van der Waals surface area (Å²) in [6.45, 7) is 1.82. The molecule has 0 aliphatic heterocycles. The number of nitrogens with one attached hydrogen (secondary N) is 2. The number of carbonyl (C=O) groups is 2.